The SMILES string of the molecule is CC/C=C\C/C=C\C/C=C\C/C=C\CCCCC(=O)OC[C@H](COC(=O)CCCCCCCCCCC/C=C\C/C=C\CCCCC)OC(=O)CCCCCCC/C=C\CCCCCCCC. The number of unbranched alkanes of at least 4 members (excludes halogenated alkanes) is 25. The average molecular weight is 933 g/mol. The van der Waals surface area contributed by atoms with Gasteiger partial charge in [0.25, 0.3) is 0 Å². The standard InChI is InChI=1S/C61H104O6/c1-4-7-10-13-16-19-22-25-28-29-30-31-34-36-39-42-45-48-51-54-60(63)66-57-58(67-61(64)55-52-49-46-43-40-37-33-27-24-21-18-15-12-9-6-3)56-65-59(62)53-50-47-44-41-38-35-32-26-23-20-17-14-11-8-5-2/h8,11,16-17,19-20,25-28,32-33,38,41,58H,4-7,9-10,12-15,18,21-24,29-31,34-37,39-40,42-57H2,1-3H3/b11-8-,19-16-,20-17-,28-25-,32-26-,33-27-,41-38-/t58-/m1/s1. The highest BCUT2D eigenvalue weighted by molar-refractivity contribution is 5.71. The van der Waals surface area contributed by atoms with Crippen molar-refractivity contribution in [2.75, 3.05) is 13.2 Å². The fraction of sp³-hybridized carbons (Fsp3) is 0.721. The Hall–Kier alpha value is -3.41. The summed E-state index contributed by atoms with van der Waals surface area (Å²) in [5, 5.41) is 0. The molecule has 0 saturated heterocycles. The van der Waals surface area contributed by atoms with Crippen LogP contribution in [0.5, 0.6) is 0 Å². The summed E-state index contributed by atoms with van der Waals surface area (Å²) in [7, 11) is 0. The largest absolute Gasteiger partial charge is 0.462 e. The van der Waals surface area contributed by atoms with Gasteiger partial charge in [-0.25, -0.2) is 0 Å². The van der Waals surface area contributed by atoms with Crippen molar-refractivity contribution in [1.82, 2.24) is 0 Å². The predicted molar refractivity (Wildman–Crippen MR) is 288 cm³/mol. The van der Waals surface area contributed by atoms with Crippen molar-refractivity contribution in [3.8, 4) is 0 Å². The second-order valence-electron chi connectivity index (χ2n) is 18.5. The maximum atomic E-state index is 12.8. The highest BCUT2D eigenvalue weighted by atomic mass is 16.6. The van der Waals surface area contributed by atoms with Crippen LogP contribution in [0, 0.1) is 0 Å². The van der Waals surface area contributed by atoms with E-state index in [4.69, 9.17) is 14.2 Å². The molecule has 0 N–H and O–H groups in total. The van der Waals surface area contributed by atoms with Gasteiger partial charge in [-0.05, 0) is 116 Å². The molecule has 0 radical (unpaired) electrons. The Morgan fingerprint density at radius 3 is 0.985 bits per heavy atom. The molecule has 0 amide bonds. The first-order valence-electron chi connectivity index (χ1n) is 28.1. The van der Waals surface area contributed by atoms with Crippen molar-refractivity contribution in [1.29, 1.82) is 0 Å². The van der Waals surface area contributed by atoms with Crippen molar-refractivity contribution < 1.29 is 28.6 Å². The summed E-state index contributed by atoms with van der Waals surface area (Å²) < 4.78 is 16.8. The van der Waals surface area contributed by atoms with Gasteiger partial charge in [-0.3, -0.25) is 14.4 Å². The molecule has 6 heteroatoms. The number of ether oxygens (including phenoxy) is 3. The van der Waals surface area contributed by atoms with Crippen LogP contribution in [0.15, 0.2) is 85.1 Å². The zero-order valence-electron chi connectivity index (χ0n) is 43.9. The molecule has 6 nitrogen and oxygen atoms in total. The summed E-state index contributed by atoms with van der Waals surface area (Å²) in [5.41, 5.74) is 0. The van der Waals surface area contributed by atoms with Gasteiger partial charge < -0.3 is 14.2 Å². The van der Waals surface area contributed by atoms with E-state index in [1.165, 1.54) is 122 Å². The summed E-state index contributed by atoms with van der Waals surface area (Å²) in [4.78, 5) is 38.1. The third-order valence-corrected chi connectivity index (χ3v) is 11.9. The number of carbonyl (C=O) groups is 3. The first-order valence-corrected chi connectivity index (χ1v) is 28.1. The van der Waals surface area contributed by atoms with Crippen LogP contribution in [-0.4, -0.2) is 37.2 Å². The Balaban J connectivity index is 4.44. The highest BCUT2D eigenvalue weighted by Crippen LogP contribution is 2.14. The van der Waals surface area contributed by atoms with E-state index in [1.54, 1.807) is 0 Å². The van der Waals surface area contributed by atoms with Crippen molar-refractivity contribution in [2.45, 2.75) is 271 Å². The van der Waals surface area contributed by atoms with Crippen LogP contribution in [0.2, 0.25) is 0 Å². The van der Waals surface area contributed by atoms with Gasteiger partial charge in [0.15, 0.2) is 6.10 Å². The first-order chi connectivity index (χ1) is 33.0. The summed E-state index contributed by atoms with van der Waals surface area (Å²) in [6.45, 7) is 6.46. The van der Waals surface area contributed by atoms with Crippen LogP contribution < -0.4 is 0 Å². The average Bonchev–Trinajstić information content (AvgIpc) is 3.33. The lowest BCUT2D eigenvalue weighted by Gasteiger charge is -2.18. The predicted octanol–water partition coefficient (Wildman–Crippen LogP) is 18.8. The molecule has 0 aromatic heterocycles. The third kappa shape index (κ3) is 53.4. The van der Waals surface area contributed by atoms with Crippen LogP contribution in [-0.2, 0) is 28.6 Å². The second kappa shape index (κ2) is 55.2. The molecule has 0 heterocycles. The van der Waals surface area contributed by atoms with Crippen molar-refractivity contribution in [3.63, 3.8) is 0 Å². The molecule has 384 valence electrons. The molecule has 1 atom stereocenters. The van der Waals surface area contributed by atoms with Crippen LogP contribution in [0.25, 0.3) is 0 Å². The Labute approximate surface area is 414 Å². The summed E-state index contributed by atoms with van der Waals surface area (Å²) in [5.74, 6) is -0.947. The van der Waals surface area contributed by atoms with E-state index < -0.39 is 6.10 Å². The van der Waals surface area contributed by atoms with E-state index >= 15 is 0 Å². The van der Waals surface area contributed by atoms with E-state index in [-0.39, 0.29) is 31.1 Å². The van der Waals surface area contributed by atoms with Gasteiger partial charge >= 0.3 is 17.9 Å². The fourth-order valence-corrected chi connectivity index (χ4v) is 7.63. The number of allylic oxidation sites excluding steroid dienone is 14. The number of hydrogen-bond donors (Lipinski definition) is 0. The van der Waals surface area contributed by atoms with Crippen LogP contribution in [0.4, 0.5) is 0 Å². The van der Waals surface area contributed by atoms with Gasteiger partial charge in [0, 0.05) is 19.3 Å². The lowest BCUT2D eigenvalue weighted by molar-refractivity contribution is -0.167. The molecule has 0 bridgehead atoms. The molecule has 0 aromatic rings. The van der Waals surface area contributed by atoms with Crippen LogP contribution >= 0.6 is 0 Å². The Morgan fingerprint density at radius 1 is 0.313 bits per heavy atom. The number of rotatable bonds is 50. The van der Waals surface area contributed by atoms with Crippen molar-refractivity contribution in [2.24, 2.45) is 0 Å². The van der Waals surface area contributed by atoms with Gasteiger partial charge in [0.1, 0.15) is 13.2 Å². The maximum absolute atomic E-state index is 12.8. The van der Waals surface area contributed by atoms with E-state index in [1.807, 2.05) is 0 Å². The summed E-state index contributed by atoms with van der Waals surface area (Å²) in [6.07, 6.45) is 71.4. The highest BCUT2D eigenvalue weighted by Gasteiger charge is 2.19. The second-order valence-corrected chi connectivity index (χ2v) is 18.5. The maximum Gasteiger partial charge on any atom is 0.306 e. The van der Waals surface area contributed by atoms with Gasteiger partial charge in [0.05, 0.1) is 0 Å². The molecule has 67 heavy (non-hydrogen) atoms. The topological polar surface area (TPSA) is 78.9 Å². The number of carbonyl (C=O) groups excluding carboxylic acids is 3. The van der Waals surface area contributed by atoms with Gasteiger partial charge in [0.2, 0.25) is 0 Å². The van der Waals surface area contributed by atoms with Gasteiger partial charge in [-0.2, -0.15) is 0 Å². The molecular formula is C61H104O6. The van der Waals surface area contributed by atoms with E-state index in [0.717, 1.165) is 103 Å². The quantitative estimate of drug-likeness (QED) is 0.0262. The monoisotopic (exact) mass is 933 g/mol. The minimum absolute atomic E-state index is 0.0952. The number of esters is 3. The molecule has 0 fully saturated rings. The van der Waals surface area contributed by atoms with Crippen LogP contribution in [0.3, 0.4) is 0 Å². The Bertz CT molecular complexity index is 1300. The molecule has 0 aliphatic heterocycles. The zero-order valence-corrected chi connectivity index (χ0v) is 43.9. The minimum atomic E-state index is -0.800. The molecule has 0 spiro atoms. The van der Waals surface area contributed by atoms with E-state index in [2.05, 4.69) is 106 Å². The van der Waals surface area contributed by atoms with Crippen LogP contribution in [0.1, 0.15) is 265 Å². The van der Waals surface area contributed by atoms with Gasteiger partial charge in [-0.15, -0.1) is 0 Å². The minimum Gasteiger partial charge on any atom is -0.462 e. The lowest BCUT2D eigenvalue weighted by atomic mass is 10.1. The van der Waals surface area contributed by atoms with Gasteiger partial charge in [-0.1, -0.05) is 215 Å². The third-order valence-electron chi connectivity index (χ3n) is 11.9. The summed E-state index contributed by atoms with van der Waals surface area (Å²) in [6, 6.07) is 0. The fourth-order valence-electron chi connectivity index (χ4n) is 7.63. The normalized spacial score (nSPS) is 12.7. The van der Waals surface area contributed by atoms with Crippen molar-refractivity contribution >= 4 is 17.9 Å². The van der Waals surface area contributed by atoms with E-state index in [9.17, 15) is 14.4 Å². The number of hydrogen-bond acceptors (Lipinski definition) is 6. The Morgan fingerprint density at radius 2 is 0.582 bits per heavy atom. The smallest absolute Gasteiger partial charge is 0.306 e. The molecule has 0 aliphatic carbocycles. The molecule has 0 unspecified atom stereocenters. The lowest BCUT2D eigenvalue weighted by Crippen LogP contribution is -2.30. The zero-order chi connectivity index (χ0) is 48.6. The Kier molecular flexibility index (Phi) is 52.4. The molecule has 0 aromatic carbocycles. The van der Waals surface area contributed by atoms with E-state index in [0.29, 0.717) is 19.3 Å². The first kappa shape index (κ1) is 63.6. The molecule has 0 rings (SSSR count). The summed E-state index contributed by atoms with van der Waals surface area (Å²) >= 11 is 0. The molecule has 0 saturated carbocycles. The molecule has 0 aliphatic rings. The molecular weight excluding hydrogens is 829 g/mol. The van der Waals surface area contributed by atoms with Crippen molar-refractivity contribution in [3.05, 3.63) is 85.1 Å².